The van der Waals surface area contributed by atoms with E-state index in [9.17, 15) is 4.79 Å². The second-order valence-corrected chi connectivity index (χ2v) is 4.40. The SMILES string of the molecule is CCCC1CC(N)(C(N)=O)CCN1C. The molecule has 2 unspecified atom stereocenters. The molecule has 0 spiro atoms. The normalized spacial score (nSPS) is 34.4. The van der Waals surface area contributed by atoms with Crippen LogP contribution >= 0.6 is 0 Å². The van der Waals surface area contributed by atoms with E-state index in [2.05, 4.69) is 18.9 Å². The van der Waals surface area contributed by atoms with Gasteiger partial charge in [0.05, 0.1) is 5.54 Å². The number of rotatable bonds is 3. The van der Waals surface area contributed by atoms with Gasteiger partial charge in [-0.2, -0.15) is 0 Å². The molecule has 14 heavy (non-hydrogen) atoms. The van der Waals surface area contributed by atoms with Gasteiger partial charge in [-0.3, -0.25) is 4.79 Å². The lowest BCUT2D eigenvalue weighted by atomic mass is 9.82. The highest BCUT2D eigenvalue weighted by Gasteiger charge is 2.39. The molecule has 0 aromatic carbocycles. The third kappa shape index (κ3) is 2.25. The zero-order chi connectivity index (χ0) is 10.8. The van der Waals surface area contributed by atoms with Crippen molar-refractivity contribution in [1.82, 2.24) is 4.90 Å². The van der Waals surface area contributed by atoms with E-state index in [0.717, 1.165) is 19.4 Å². The van der Waals surface area contributed by atoms with Gasteiger partial charge in [0.25, 0.3) is 0 Å². The van der Waals surface area contributed by atoms with E-state index in [1.165, 1.54) is 0 Å². The molecule has 4 N–H and O–H groups in total. The minimum absolute atomic E-state index is 0.355. The monoisotopic (exact) mass is 199 g/mol. The predicted molar refractivity (Wildman–Crippen MR) is 56.7 cm³/mol. The number of piperidine rings is 1. The zero-order valence-electron chi connectivity index (χ0n) is 9.12. The predicted octanol–water partition coefficient (Wildman–Crippen LogP) is 0.0635. The van der Waals surface area contributed by atoms with Gasteiger partial charge >= 0.3 is 0 Å². The van der Waals surface area contributed by atoms with Crippen molar-refractivity contribution in [3.63, 3.8) is 0 Å². The topological polar surface area (TPSA) is 72.3 Å². The lowest BCUT2D eigenvalue weighted by Crippen LogP contribution is -2.60. The molecular formula is C10H21N3O. The molecule has 0 aromatic rings. The van der Waals surface area contributed by atoms with Gasteiger partial charge in [-0.25, -0.2) is 0 Å². The second kappa shape index (κ2) is 4.28. The van der Waals surface area contributed by atoms with Crippen molar-refractivity contribution in [3.05, 3.63) is 0 Å². The van der Waals surface area contributed by atoms with Crippen LogP contribution in [0.15, 0.2) is 0 Å². The lowest BCUT2D eigenvalue weighted by Gasteiger charge is -2.41. The Kier molecular flexibility index (Phi) is 3.50. The Morgan fingerprint density at radius 2 is 2.29 bits per heavy atom. The molecule has 4 nitrogen and oxygen atoms in total. The van der Waals surface area contributed by atoms with Gasteiger partial charge in [-0.15, -0.1) is 0 Å². The molecule has 1 heterocycles. The van der Waals surface area contributed by atoms with Gasteiger partial charge in [0, 0.05) is 12.6 Å². The molecule has 0 radical (unpaired) electrons. The fourth-order valence-electron chi connectivity index (χ4n) is 2.12. The lowest BCUT2D eigenvalue weighted by molar-refractivity contribution is -0.125. The van der Waals surface area contributed by atoms with Gasteiger partial charge in [-0.05, 0) is 26.3 Å². The molecule has 1 rings (SSSR count). The number of nitrogens with zero attached hydrogens (tertiary/aromatic N) is 1. The summed E-state index contributed by atoms with van der Waals surface area (Å²) in [6.07, 6.45) is 3.58. The highest BCUT2D eigenvalue weighted by molar-refractivity contribution is 5.84. The maximum absolute atomic E-state index is 11.2. The molecule has 0 aromatic heterocycles. The molecule has 82 valence electrons. The number of amides is 1. The Morgan fingerprint density at radius 1 is 1.64 bits per heavy atom. The molecule has 0 saturated carbocycles. The van der Waals surface area contributed by atoms with E-state index in [1.807, 2.05) is 0 Å². The fraction of sp³-hybridized carbons (Fsp3) is 0.900. The standard InChI is InChI=1S/C10H21N3O/c1-3-4-8-7-10(12,9(11)14)5-6-13(8)2/h8H,3-7,12H2,1-2H3,(H2,11,14). The van der Waals surface area contributed by atoms with Crippen LogP contribution in [0.2, 0.25) is 0 Å². The summed E-state index contributed by atoms with van der Waals surface area (Å²) in [4.78, 5) is 13.5. The first-order chi connectivity index (χ1) is 6.49. The summed E-state index contributed by atoms with van der Waals surface area (Å²) in [5, 5.41) is 0. The molecule has 0 aliphatic carbocycles. The Hall–Kier alpha value is -0.610. The number of hydrogen-bond acceptors (Lipinski definition) is 3. The summed E-state index contributed by atoms with van der Waals surface area (Å²) in [6, 6.07) is 0.409. The molecule has 1 aliphatic heterocycles. The molecule has 0 bridgehead atoms. The van der Waals surface area contributed by atoms with Crippen molar-refractivity contribution >= 4 is 5.91 Å². The van der Waals surface area contributed by atoms with Crippen molar-refractivity contribution in [3.8, 4) is 0 Å². The van der Waals surface area contributed by atoms with Crippen molar-refractivity contribution < 1.29 is 4.79 Å². The van der Waals surface area contributed by atoms with Crippen LogP contribution in [0, 0.1) is 0 Å². The first kappa shape index (κ1) is 11.5. The van der Waals surface area contributed by atoms with Crippen LogP contribution in [0.25, 0.3) is 0 Å². The summed E-state index contributed by atoms with van der Waals surface area (Å²) in [6.45, 7) is 3.01. The smallest absolute Gasteiger partial charge is 0.237 e. The molecular weight excluding hydrogens is 178 g/mol. The highest BCUT2D eigenvalue weighted by atomic mass is 16.1. The van der Waals surface area contributed by atoms with Crippen LogP contribution in [-0.2, 0) is 4.79 Å². The first-order valence-electron chi connectivity index (χ1n) is 5.28. The third-order valence-electron chi connectivity index (χ3n) is 3.25. The zero-order valence-corrected chi connectivity index (χ0v) is 9.12. The molecule has 2 atom stereocenters. The summed E-state index contributed by atoms with van der Waals surface area (Å²) in [5.41, 5.74) is 10.5. The van der Waals surface area contributed by atoms with Gasteiger partial charge < -0.3 is 16.4 Å². The van der Waals surface area contributed by atoms with Gasteiger partial charge in [-0.1, -0.05) is 13.3 Å². The van der Waals surface area contributed by atoms with Crippen molar-refractivity contribution in [1.29, 1.82) is 0 Å². The molecule has 1 saturated heterocycles. The van der Waals surface area contributed by atoms with E-state index >= 15 is 0 Å². The van der Waals surface area contributed by atoms with Gasteiger partial charge in [0.15, 0.2) is 0 Å². The van der Waals surface area contributed by atoms with Crippen LogP contribution in [-0.4, -0.2) is 36.0 Å². The minimum atomic E-state index is -0.771. The van der Waals surface area contributed by atoms with Crippen molar-refractivity contribution in [2.75, 3.05) is 13.6 Å². The number of nitrogens with two attached hydrogens (primary N) is 2. The quantitative estimate of drug-likeness (QED) is 0.675. The van der Waals surface area contributed by atoms with E-state index in [1.54, 1.807) is 0 Å². The largest absolute Gasteiger partial charge is 0.368 e. The van der Waals surface area contributed by atoms with Gasteiger partial charge in [0.2, 0.25) is 5.91 Å². The number of carbonyl (C=O) groups is 1. The van der Waals surface area contributed by atoms with Crippen molar-refractivity contribution in [2.24, 2.45) is 11.5 Å². The van der Waals surface area contributed by atoms with E-state index < -0.39 is 5.54 Å². The summed E-state index contributed by atoms with van der Waals surface area (Å²) >= 11 is 0. The first-order valence-corrected chi connectivity index (χ1v) is 5.28. The summed E-state index contributed by atoms with van der Waals surface area (Å²) < 4.78 is 0. The highest BCUT2D eigenvalue weighted by Crippen LogP contribution is 2.26. The Morgan fingerprint density at radius 3 is 2.79 bits per heavy atom. The molecule has 4 heteroatoms. The maximum Gasteiger partial charge on any atom is 0.237 e. The van der Waals surface area contributed by atoms with Gasteiger partial charge in [0.1, 0.15) is 0 Å². The molecule has 1 amide bonds. The van der Waals surface area contributed by atoms with Crippen LogP contribution < -0.4 is 11.5 Å². The number of carbonyl (C=O) groups excluding carboxylic acids is 1. The fourth-order valence-corrected chi connectivity index (χ4v) is 2.12. The average molecular weight is 199 g/mol. The number of likely N-dealkylation sites (tertiary alicyclic amines) is 1. The average Bonchev–Trinajstić information content (AvgIpc) is 2.12. The number of hydrogen-bond donors (Lipinski definition) is 2. The van der Waals surface area contributed by atoms with Crippen LogP contribution in [0.5, 0.6) is 0 Å². The Bertz CT molecular complexity index is 219. The van der Waals surface area contributed by atoms with E-state index in [4.69, 9.17) is 11.5 Å². The van der Waals surface area contributed by atoms with E-state index in [0.29, 0.717) is 18.9 Å². The minimum Gasteiger partial charge on any atom is -0.368 e. The van der Waals surface area contributed by atoms with Crippen LogP contribution in [0.3, 0.4) is 0 Å². The maximum atomic E-state index is 11.2. The number of primary amides is 1. The van der Waals surface area contributed by atoms with Crippen LogP contribution in [0.4, 0.5) is 0 Å². The summed E-state index contributed by atoms with van der Waals surface area (Å²) in [5.74, 6) is -0.355. The third-order valence-corrected chi connectivity index (χ3v) is 3.25. The van der Waals surface area contributed by atoms with Crippen LogP contribution in [0.1, 0.15) is 32.6 Å². The Labute approximate surface area is 85.6 Å². The Balaban J connectivity index is 2.65. The summed E-state index contributed by atoms with van der Waals surface area (Å²) in [7, 11) is 2.08. The second-order valence-electron chi connectivity index (χ2n) is 4.40. The molecule has 1 fully saturated rings. The molecule has 1 aliphatic rings. The van der Waals surface area contributed by atoms with Crippen molar-refractivity contribution in [2.45, 2.75) is 44.2 Å². The van der Waals surface area contributed by atoms with E-state index in [-0.39, 0.29) is 5.91 Å².